The first-order valence-corrected chi connectivity index (χ1v) is 7.51. The van der Waals surface area contributed by atoms with Gasteiger partial charge in [-0.05, 0) is 56.4 Å². The Labute approximate surface area is 128 Å². The van der Waals surface area contributed by atoms with Gasteiger partial charge in [0.15, 0.2) is 5.78 Å². The Bertz CT molecular complexity index is 585. The summed E-state index contributed by atoms with van der Waals surface area (Å²) in [6.45, 7) is 8.69. The molecule has 0 bridgehead atoms. The normalized spacial score (nSPS) is 20.0. The topological polar surface area (TPSA) is 32.3 Å². The van der Waals surface area contributed by atoms with Crippen molar-refractivity contribution in [3.63, 3.8) is 0 Å². The second kappa shape index (κ2) is 5.55. The molecule has 1 aromatic rings. The van der Waals surface area contributed by atoms with Crippen LogP contribution in [0.25, 0.3) is 0 Å². The van der Waals surface area contributed by atoms with Crippen molar-refractivity contribution in [1.82, 2.24) is 4.90 Å². The van der Waals surface area contributed by atoms with Gasteiger partial charge in [-0.1, -0.05) is 6.92 Å². The number of benzene rings is 1. The fraction of sp³-hybridized carbons (Fsp3) is 0.500. The molecule has 3 heteroatoms. The van der Waals surface area contributed by atoms with Gasteiger partial charge in [-0.25, -0.2) is 0 Å². The van der Waals surface area contributed by atoms with Crippen LogP contribution in [-0.2, 0) is 0 Å². The molecule has 1 N–H and O–H groups in total. The van der Waals surface area contributed by atoms with E-state index in [0.29, 0.717) is 5.92 Å². The highest BCUT2D eigenvalue weighted by molar-refractivity contribution is 6.06. The Morgan fingerprint density at radius 1 is 1.38 bits per heavy atom. The molecule has 1 aromatic carbocycles. The van der Waals surface area contributed by atoms with Crippen molar-refractivity contribution in [3.8, 4) is 0 Å². The van der Waals surface area contributed by atoms with Crippen molar-refractivity contribution < 1.29 is 4.79 Å². The second-order valence-electron chi connectivity index (χ2n) is 7.01. The van der Waals surface area contributed by atoms with Gasteiger partial charge in [-0.15, -0.1) is 0 Å². The highest BCUT2D eigenvalue weighted by Gasteiger charge is 2.30. The van der Waals surface area contributed by atoms with Crippen molar-refractivity contribution in [2.24, 2.45) is 0 Å². The molecule has 0 saturated carbocycles. The zero-order valence-corrected chi connectivity index (χ0v) is 13.9. The molecule has 0 aliphatic carbocycles. The smallest absolute Gasteiger partial charge is 0.187 e. The summed E-state index contributed by atoms with van der Waals surface area (Å²) in [5.74, 6) is 0.530. The molecule has 1 atom stereocenters. The summed E-state index contributed by atoms with van der Waals surface area (Å²) in [5, 5.41) is 3.59. The highest BCUT2D eigenvalue weighted by Crippen LogP contribution is 2.39. The van der Waals surface area contributed by atoms with Gasteiger partial charge < -0.3 is 10.2 Å². The molecule has 0 radical (unpaired) electrons. The number of hydrogen-bond donors (Lipinski definition) is 1. The maximum absolute atomic E-state index is 12.4. The number of carbonyl (C=O) groups excluding carboxylic acids is 1. The summed E-state index contributed by atoms with van der Waals surface area (Å²) in [5.41, 5.74) is 4.36. The molecular weight excluding hydrogens is 260 g/mol. The lowest BCUT2D eigenvalue weighted by atomic mass is 9.80. The standard InChI is InChI=1S/C18H26N2O/c1-12-9-16-14(13(2)11-18(3,4)19-16)10-15(12)17(21)7-8-20(5)6/h7-10,13,19H,11H2,1-6H3/b8-7+/t13-/m1/s1. The summed E-state index contributed by atoms with van der Waals surface area (Å²) < 4.78 is 0. The number of carbonyl (C=O) groups is 1. The summed E-state index contributed by atoms with van der Waals surface area (Å²) in [6.07, 6.45) is 4.51. The number of aryl methyl sites for hydroxylation is 1. The van der Waals surface area contributed by atoms with Gasteiger partial charge >= 0.3 is 0 Å². The van der Waals surface area contributed by atoms with Crippen LogP contribution in [0.1, 0.15) is 54.6 Å². The lowest BCUT2D eigenvalue weighted by Crippen LogP contribution is -2.36. The second-order valence-corrected chi connectivity index (χ2v) is 7.01. The number of fused-ring (bicyclic) bond motifs is 1. The number of rotatable bonds is 3. The SMILES string of the molecule is Cc1cc2c(cc1C(=O)/C=C/N(C)C)[C@H](C)CC(C)(C)N2. The van der Waals surface area contributed by atoms with Crippen LogP contribution in [0.4, 0.5) is 5.69 Å². The van der Waals surface area contributed by atoms with Gasteiger partial charge in [0, 0.05) is 43.2 Å². The van der Waals surface area contributed by atoms with Crippen LogP contribution in [-0.4, -0.2) is 30.3 Å². The number of anilines is 1. The monoisotopic (exact) mass is 286 g/mol. The minimum atomic E-state index is 0.0704. The Kier molecular flexibility index (Phi) is 4.13. The molecule has 0 amide bonds. The Morgan fingerprint density at radius 2 is 2.05 bits per heavy atom. The van der Waals surface area contributed by atoms with Crippen LogP contribution in [0, 0.1) is 6.92 Å². The summed E-state index contributed by atoms with van der Waals surface area (Å²) in [7, 11) is 3.83. The average Bonchev–Trinajstić information content (AvgIpc) is 2.33. The summed E-state index contributed by atoms with van der Waals surface area (Å²) in [6, 6.07) is 4.18. The minimum Gasteiger partial charge on any atom is -0.383 e. The van der Waals surface area contributed by atoms with E-state index in [1.54, 1.807) is 12.3 Å². The number of allylic oxidation sites excluding steroid dienone is 1. The minimum absolute atomic E-state index is 0.0704. The van der Waals surface area contributed by atoms with Crippen LogP contribution in [0.15, 0.2) is 24.4 Å². The molecule has 1 heterocycles. The predicted molar refractivity (Wildman–Crippen MR) is 89.1 cm³/mol. The van der Waals surface area contributed by atoms with E-state index in [-0.39, 0.29) is 11.3 Å². The fourth-order valence-electron chi connectivity index (χ4n) is 3.10. The Hall–Kier alpha value is -1.77. The number of nitrogens with zero attached hydrogens (tertiary/aromatic N) is 1. The molecule has 2 rings (SSSR count). The van der Waals surface area contributed by atoms with E-state index in [0.717, 1.165) is 17.5 Å². The van der Waals surface area contributed by atoms with E-state index in [2.05, 4.69) is 38.2 Å². The van der Waals surface area contributed by atoms with Crippen molar-refractivity contribution in [1.29, 1.82) is 0 Å². The largest absolute Gasteiger partial charge is 0.383 e. The van der Waals surface area contributed by atoms with E-state index in [4.69, 9.17) is 0 Å². The predicted octanol–water partition coefficient (Wildman–Crippen LogP) is 3.95. The van der Waals surface area contributed by atoms with E-state index in [1.165, 1.54) is 11.3 Å². The van der Waals surface area contributed by atoms with Gasteiger partial charge in [0.05, 0.1) is 0 Å². The van der Waals surface area contributed by atoms with Crippen LogP contribution in [0.5, 0.6) is 0 Å². The van der Waals surface area contributed by atoms with E-state index < -0.39 is 0 Å². The third kappa shape index (κ3) is 3.46. The molecule has 1 aliphatic heterocycles. The molecular formula is C18H26N2O. The lowest BCUT2D eigenvalue weighted by molar-refractivity contribution is 0.104. The molecule has 1 aliphatic rings. The van der Waals surface area contributed by atoms with Crippen molar-refractivity contribution >= 4 is 11.5 Å². The molecule has 3 nitrogen and oxygen atoms in total. The Balaban J connectivity index is 2.40. The third-order valence-electron chi connectivity index (χ3n) is 4.01. The van der Waals surface area contributed by atoms with Crippen LogP contribution < -0.4 is 5.32 Å². The maximum Gasteiger partial charge on any atom is 0.187 e. The summed E-state index contributed by atoms with van der Waals surface area (Å²) >= 11 is 0. The number of nitrogens with one attached hydrogen (secondary N) is 1. The van der Waals surface area contributed by atoms with Gasteiger partial charge in [0.25, 0.3) is 0 Å². The van der Waals surface area contributed by atoms with Crippen LogP contribution >= 0.6 is 0 Å². The molecule has 0 spiro atoms. The fourth-order valence-corrected chi connectivity index (χ4v) is 3.10. The highest BCUT2D eigenvalue weighted by atomic mass is 16.1. The first-order valence-electron chi connectivity index (χ1n) is 7.51. The Morgan fingerprint density at radius 3 is 2.67 bits per heavy atom. The zero-order chi connectivity index (χ0) is 15.8. The maximum atomic E-state index is 12.4. The van der Waals surface area contributed by atoms with Gasteiger partial charge in [-0.3, -0.25) is 4.79 Å². The molecule has 21 heavy (non-hydrogen) atoms. The molecule has 0 unspecified atom stereocenters. The van der Waals surface area contributed by atoms with Crippen LogP contribution in [0.2, 0.25) is 0 Å². The van der Waals surface area contributed by atoms with Gasteiger partial charge in [0.1, 0.15) is 0 Å². The van der Waals surface area contributed by atoms with Crippen LogP contribution in [0.3, 0.4) is 0 Å². The van der Waals surface area contributed by atoms with Crippen molar-refractivity contribution in [2.75, 3.05) is 19.4 Å². The lowest BCUT2D eigenvalue weighted by Gasteiger charge is -2.38. The summed E-state index contributed by atoms with van der Waals surface area (Å²) in [4.78, 5) is 14.2. The van der Waals surface area contributed by atoms with Gasteiger partial charge in [0.2, 0.25) is 0 Å². The first kappa shape index (κ1) is 15.6. The third-order valence-corrected chi connectivity index (χ3v) is 4.01. The number of hydrogen-bond acceptors (Lipinski definition) is 3. The molecule has 0 aromatic heterocycles. The first-order chi connectivity index (χ1) is 9.69. The molecule has 114 valence electrons. The average molecular weight is 286 g/mol. The van der Waals surface area contributed by atoms with E-state index >= 15 is 0 Å². The van der Waals surface area contributed by atoms with Crippen molar-refractivity contribution in [2.45, 2.75) is 45.6 Å². The van der Waals surface area contributed by atoms with E-state index in [1.807, 2.05) is 25.9 Å². The molecule has 0 fully saturated rings. The molecule has 0 saturated heterocycles. The van der Waals surface area contributed by atoms with Gasteiger partial charge in [-0.2, -0.15) is 0 Å². The zero-order valence-electron chi connectivity index (χ0n) is 13.9. The number of ketones is 1. The van der Waals surface area contributed by atoms with E-state index in [9.17, 15) is 4.79 Å². The quantitative estimate of drug-likeness (QED) is 0.674. The van der Waals surface area contributed by atoms with Crippen molar-refractivity contribution in [3.05, 3.63) is 41.1 Å².